The van der Waals surface area contributed by atoms with Gasteiger partial charge in [0.15, 0.2) is 0 Å². The third kappa shape index (κ3) is 3.69. The van der Waals surface area contributed by atoms with Gasteiger partial charge in [0.25, 0.3) is 0 Å². The van der Waals surface area contributed by atoms with Crippen molar-refractivity contribution in [3.63, 3.8) is 0 Å². The summed E-state index contributed by atoms with van der Waals surface area (Å²) in [4.78, 5) is 11.4. The Balaban J connectivity index is 1.82. The molecule has 0 saturated heterocycles. The SMILES string of the molecule is O=C(NCc1ccc(OC(F)F)cc1)C1CC1. The number of amides is 1. The molecule has 0 aromatic heterocycles. The first-order valence-electron chi connectivity index (χ1n) is 5.46. The molecule has 0 aliphatic heterocycles. The first-order chi connectivity index (χ1) is 8.15. The van der Waals surface area contributed by atoms with Gasteiger partial charge < -0.3 is 10.1 Å². The summed E-state index contributed by atoms with van der Waals surface area (Å²) in [7, 11) is 0. The lowest BCUT2D eigenvalue weighted by Gasteiger charge is -2.07. The van der Waals surface area contributed by atoms with Crippen molar-refractivity contribution in [1.82, 2.24) is 5.32 Å². The van der Waals surface area contributed by atoms with Gasteiger partial charge in [-0.15, -0.1) is 0 Å². The largest absolute Gasteiger partial charge is 0.435 e. The first-order valence-corrected chi connectivity index (χ1v) is 5.46. The number of hydrogen-bond acceptors (Lipinski definition) is 2. The number of rotatable bonds is 5. The fraction of sp³-hybridized carbons (Fsp3) is 0.417. The van der Waals surface area contributed by atoms with Gasteiger partial charge in [-0.3, -0.25) is 4.79 Å². The molecule has 0 unspecified atom stereocenters. The van der Waals surface area contributed by atoms with E-state index in [1.165, 1.54) is 12.1 Å². The Morgan fingerprint density at radius 2 is 2.00 bits per heavy atom. The molecule has 0 radical (unpaired) electrons. The topological polar surface area (TPSA) is 38.3 Å². The zero-order chi connectivity index (χ0) is 12.3. The van der Waals surface area contributed by atoms with Gasteiger partial charge in [-0.1, -0.05) is 12.1 Å². The van der Waals surface area contributed by atoms with Crippen LogP contribution in [-0.2, 0) is 11.3 Å². The third-order valence-electron chi connectivity index (χ3n) is 2.56. The molecular formula is C12H13F2NO2. The molecule has 3 nitrogen and oxygen atoms in total. The molecule has 1 aromatic rings. The van der Waals surface area contributed by atoms with Crippen molar-refractivity contribution < 1.29 is 18.3 Å². The van der Waals surface area contributed by atoms with Gasteiger partial charge in [-0.05, 0) is 30.5 Å². The van der Waals surface area contributed by atoms with Crippen LogP contribution in [0, 0.1) is 5.92 Å². The molecule has 1 aliphatic carbocycles. The van der Waals surface area contributed by atoms with Gasteiger partial charge in [0.1, 0.15) is 5.75 Å². The number of carbonyl (C=O) groups is 1. The smallest absolute Gasteiger partial charge is 0.387 e. The molecule has 0 atom stereocenters. The van der Waals surface area contributed by atoms with Crippen molar-refractivity contribution in [3.8, 4) is 5.75 Å². The van der Waals surface area contributed by atoms with Crippen molar-refractivity contribution in [2.75, 3.05) is 0 Å². The molecule has 0 bridgehead atoms. The van der Waals surface area contributed by atoms with Crippen LogP contribution in [0.15, 0.2) is 24.3 Å². The minimum Gasteiger partial charge on any atom is -0.435 e. The van der Waals surface area contributed by atoms with E-state index < -0.39 is 6.61 Å². The quantitative estimate of drug-likeness (QED) is 0.859. The normalized spacial score (nSPS) is 14.8. The Kier molecular flexibility index (Phi) is 3.56. The molecule has 17 heavy (non-hydrogen) atoms. The third-order valence-corrected chi connectivity index (χ3v) is 2.56. The van der Waals surface area contributed by atoms with Gasteiger partial charge in [0, 0.05) is 12.5 Å². The lowest BCUT2D eigenvalue weighted by Crippen LogP contribution is -2.24. The summed E-state index contributed by atoms with van der Waals surface area (Å²) in [6, 6.07) is 6.24. The molecule has 0 spiro atoms. The van der Waals surface area contributed by atoms with Gasteiger partial charge in [-0.25, -0.2) is 0 Å². The number of nitrogens with one attached hydrogen (secondary N) is 1. The monoisotopic (exact) mass is 241 g/mol. The van der Waals surface area contributed by atoms with E-state index in [9.17, 15) is 13.6 Å². The van der Waals surface area contributed by atoms with Gasteiger partial charge in [0.05, 0.1) is 0 Å². The predicted molar refractivity (Wildman–Crippen MR) is 57.6 cm³/mol. The number of halogens is 2. The Hall–Kier alpha value is -1.65. The summed E-state index contributed by atoms with van der Waals surface area (Å²) in [5.41, 5.74) is 0.862. The number of alkyl halides is 2. The first kappa shape index (κ1) is 11.8. The molecule has 1 N–H and O–H groups in total. The number of benzene rings is 1. The molecule has 5 heteroatoms. The maximum atomic E-state index is 11.9. The maximum absolute atomic E-state index is 11.9. The fourth-order valence-corrected chi connectivity index (χ4v) is 1.47. The summed E-state index contributed by atoms with van der Waals surface area (Å²) in [5, 5.41) is 2.79. The minimum atomic E-state index is -2.81. The van der Waals surface area contributed by atoms with E-state index in [1.54, 1.807) is 12.1 Å². The molecule has 1 saturated carbocycles. The Labute approximate surface area is 97.8 Å². The van der Waals surface area contributed by atoms with Crippen LogP contribution >= 0.6 is 0 Å². The highest BCUT2D eigenvalue weighted by atomic mass is 19.3. The van der Waals surface area contributed by atoms with Gasteiger partial charge in [-0.2, -0.15) is 8.78 Å². The van der Waals surface area contributed by atoms with Crippen molar-refractivity contribution >= 4 is 5.91 Å². The van der Waals surface area contributed by atoms with Crippen molar-refractivity contribution in [2.45, 2.75) is 26.0 Å². The van der Waals surface area contributed by atoms with Crippen LogP contribution in [0.1, 0.15) is 18.4 Å². The number of carbonyl (C=O) groups excluding carboxylic acids is 1. The van der Waals surface area contributed by atoms with Crippen LogP contribution < -0.4 is 10.1 Å². The predicted octanol–water partition coefficient (Wildman–Crippen LogP) is 2.31. The minimum absolute atomic E-state index is 0.0675. The highest BCUT2D eigenvalue weighted by Crippen LogP contribution is 2.28. The molecule has 1 fully saturated rings. The highest BCUT2D eigenvalue weighted by Gasteiger charge is 2.29. The average Bonchev–Trinajstić information content (AvgIpc) is 3.11. The van der Waals surface area contributed by atoms with Crippen molar-refractivity contribution in [2.24, 2.45) is 5.92 Å². The van der Waals surface area contributed by atoms with E-state index in [4.69, 9.17) is 0 Å². The van der Waals surface area contributed by atoms with Crippen LogP contribution in [-0.4, -0.2) is 12.5 Å². The fourth-order valence-electron chi connectivity index (χ4n) is 1.47. The molecule has 92 valence electrons. The van der Waals surface area contributed by atoms with Crippen LogP contribution in [0.2, 0.25) is 0 Å². The molecule has 0 heterocycles. The zero-order valence-corrected chi connectivity index (χ0v) is 9.16. The van der Waals surface area contributed by atoms with Crippen LogP contribution in [0.5, 0.6) is 5.75 Å². The molecular weight excluding hydrogens is 228 g/mol. The van der Waals surface area contributed by atoms with Crippen LogP contribution in [0.4, 0.5) is 8.78 Å². The number of hydrogen-bond donors (Lipinski definition) is 1. The molecule has 1 amide bonds. The van der Waals surface area contributed by atoms with Crippen molar-refractivity contribution in [3.05, 3.63) is 29.8 Å². The van der Waals surface area contributed by atoms with Gasteiger partial charge in [0.2, 0.25) is 5.91 Å². The standard InChI is InChI=1S/C12H13F2NO2/c13-12(14)17-10-5-1-8(2-6-10)7-15-11(16)9-3-4-9/h1-2,5-6,9,12H,3-4,7H2,(H,15,16). The van der Waals surface area contributed by atoms with E-state index in [1.807, 2.05) is 0 Å². The lowest BCUT2D eigenvalue weighted by atomic mass is 10.2. The Morgan fingerprint density at radius 3 is 2.53 bits per heavy atom. The maximum Gasteiger partial charge on any atom is 0.387 e. The summed E-state index contributed by atoms with van der Waals surface area (Å²) >= 11 is 0. The zero-order valence-electron chi connectivity index (χ0n) is 9.16. The van der Waals surface area contributed by atoms with E-state index in [0.29, 0.717) is 6.54 Å². The van der Waals surface area contributed by atoms with E-state index in [2.05, 4.69) is 10.1 Å². The Bertz CT molecular complexity index is 388. The average molecular weight is 241 g/mol. The molecule has 1 aliphatic rings. The second-order valence-electron chi connectivity index (χ2n) is 4.01. The van der Waals surface area contributed by atoms with Crippen LogP contribution in [0.25, 0.3) is 0 Å². The molecule has 1 aromatic carbocycles. The van der Waals surface area contributed by atoms with E-state index in [0.717, 1.165) is 18.4 Å². The highest BCUT2D eigenvalue weighted by molar-refractivity contribution is 5.80. The summed E-state index contributed by atoms with van der Waals surface area (Å²) in [5.74, 6) is 0.367. The summed E-state index contributed by atoms with van der Waals surface area (Å²) in [6.45, 7) is -2.39. The Morgan fingerprint density at radius 1 is 1.35 bits per heavy atom. The van der Waals surface area contributed by atoms with E-state index >= 15 is 0 Å². The second-order valence-corrected chi connectivity index (χ2v) is 4.01. The van der Waals surface area contributed by atoms with E-state index in [-0.39, 0.29) is 17.6 Å². The second kappa shape index (κ2) is 5.12. The summed E-state index contributed by atoms with van der Waals surface area (Å²) < 4.78 is 28.0. The number of ether oxygens (including phenoxy) is 1. The van der Waals surface area contributed by atoms with Crippen LogP contribution in [0.3, 0.4) is 0 Å². The van der Waals surface area contributed by atoms with Crippen molar-refractivity contribution in [1.29, 1.82) is 0 Å². The summed E-state index contributed by atoms with van der Waals surface area (Å²) in [6.07, 6.45) is 1.93. The van der Waals surface area contributed by atoms with Gasteiger partial charge >= 0.3 is 6.61 Å². The molecule has 2 rings (SSSR count). The lowest BCUT2D eigenvalue weighted by molar-refractivity contribution is -0.122.